The molecule has 0 aromatic carbocycles. The number of amides is 3. The van der Waals surface area contributed by atoms with Crippen LogP contribution in [0.1, 0.15) is 18.5 Å². The monoisotopic (exact) mass is 347 g/mol. The number of piperazine rings is 1. The quantitative estimate of drug-likeness (QED) is 0.764. The first-order valence-electron chi connectivity index (χ1n) is 8.63. The Morgan fingerprint density at radius 3 is 2.48 bits per heavy atom. The maximum absolute atomic E-state index is 12.8. The highest BCUT2D eigenvalue weighted by Crippen LogP contribution is 2.21. The summed E-state index contributed by atoms with van der Waals surface area (Å²) in [6, 6.07) is 1.46. The molecule has 1 atom stereocenters. The molecule has 2 aliphatic heterocycles. The number of primary amides is 1. The van der Waals surface area contributed by atoms with Gasteiger partial charge in [0.05, 0.1) is 5.92 Å². The first kappa shape index (κ1) is 17.2. The molecule has 1 aromatic heterocycles. The van der Waals surface area contributed by atoms with Crippen molar-refractivity contribution in [1.29, 1.82) is 0 Å². The van der Waals surface area contributed by atoms with Gasteiger partial charge in [0, 0.05) is 51.0 Å². The Hall–Kier alpha value is -2.58. The third kappa shape index (κ3) is 3.92. The van der Waals surface area contributed by atoms with Crippen molar-refractivity contribution in [2.45, 2.75) is 19.8 Å². The summed E-state index contributed by atoms with van der Waals surface area (Å²) in [6.07, 6.45) is 1.63. The van der Waals surface area contributed by atoms with Crippen LogP contribution in [0.5, 0.6) is 0 Å². The molecule has 1 aromatic rings. The number of anilines is 2. The average molecular weight is 347 g/mol. The van der Waals surface area contributed by atoms with Crippen LogP contribution in [-0.4, -0.2) is 71.0 Å². The maximum Gasteiger partial charge on any atom is 0.314 e. The number of nitrogen functional groups attached to an aromatic ring is 1. The highest BCUT2D eigenvalue weighted by Gasteiger charge is 2.32. The van der Waals surface area contributed by atoms with E-state index in [2.05, 4.69) is 14.9 Å². The molecule has 136 valence electrons. The number of likely N-dealkylation sites (tertiary alicyclic amines) is 1. The van der Waals surface area contributed by atoms with Crippen molar-refractivity contribution >= 4 is 23.7 Å². The zero-order valence-electron chi connectivity index (χ0n) is 14.5. The molecule has 0 aliphatic carbocycles. The number of piperidine rings is 1. The minimum Gasteiger partial charge on any atom is -0.368 e. The zero-order chi connectivity index (χ0) is 18.0. The summed E-state index contributed by atoms with van der Waals surface area (Å²) >= 11 is 0. The highest BCUT2D eigenvalue weighted by atomic mass is 16.2. The summed E-state index contributed by atoms with van der Waals surface area (Å²) in [4.78, 5) is 38.0. The van der Waals surface area contributed by atoms with Crippen molar-refractivity contribution in [1.82, 2.24) is 19.8 Å². The number of hydrogen-bond donors (Lipinski definition) is 2. The number of hydrogen-bond acceptors (Lipinski definition) is 6. The van der Waals surface area contributed by atoms with E-state index in [1.807, 2.05) is 17.9 Å². The second-order valence-corrected chi connectivity index (χ2v) is 6.66. The van der Waals surface area contributed by atoms with Gasteiger partial charge >= 0.3 is 6.03 Å². The van der Waals surface area contributed by atoms with Crippen LogP contribution in [-0.2, 0) is 4.79 Å². The van der Waals surface area contributed by atoms with E-state index in [-0.39, 0.29) is 17.8 Å². The molecule has 4 N–H and O–H groups in total. The zero-order valence-corrected chi connectivity index (χ0v) is 14.5. The number of nitrogens with two attached hydrogens (primary N) is 2. The normalized spacial score (nSPS) is 21.3. The number of rotatable bonds is 2. The Morgan fingerprint density at radius 2 is 1.84 bits per heavy atom. The number of nitrogens with zero attached hydrogens (tertiary/aromatic N) is 5. The van der Waals surface area contributed by atoms with Gasteiger partial charge in [-0.1, -0.05) is 0 Å². The number of carbonyl (C=O) groups excluding carboxylic acids is 2. The van der Waals surface area contributed by atoms with E-state index < -0.39 is 6.03 Å². The van der Waals surface area contributed by atoms with Crippen molar-refractivity contribution in [2.24, 2.45) is 11.7 Å². The van der Waals surface area contributed by atoms with E-state index in [0.717, 1.165) is 24.4 Å². The molecule has 3 heterocycles. The maximum atomic E-state index is 12.8. The average Bonchev–Trinajstić information content (AvgIpc) is 2.60. The Morgan fingerprint density at radius 1 is 1.12 bits per heavy atom. The summed E-state index contributed by atoms with van der Waals surface area (Å²) in [5, 5.41) is 0. The minimum atomic E-state index is -0.445. The summed E-state index contributed by atoms with van der Waals surface area (Å²) in [5.41, 5.74) is 11.9. The van der Waals surface area contributed by atoms with Crippen molar-refractivity contribution < 1.29 is 9.59 Å². The van der Waals surface area contributed by atoms with Crippen LogP contribution in [0.15, 0.2) is 6.07 Å². The molecular weight excluding hydrogens is 322 g/mol. The second-order valence-electron chi connectivity index (χ2n) is 6.66. The third-order valence-corrected chi connectivity index (χ3v) is 4.86. The van der Waals surface area contributed by atoms with E-state index in [1.165, 1.54) is 0 Å². The van der Waals surface area contributed by atoms with Crippen molar-refractivity contribution in [3.8, 4) is 0 Å². The molecule has 9 nitrogen and oxygen atoms in total. The molecule has 2 saturated heterocycles. The topological polar surface area (TPSA) is 122 Å². The third-order valence-electron chi connectivity index (χ3n) is 4.86. The number of aromatic nitrogens is 2. The molecule has 2 fully saturated rings. The number of carbonyl (C=O) groups is 2. The van der Waals surface area contributed by atoms with Gasteiger partial charge in [-0.05, 0) is 19.8 Å². The predicted molar refractivity (Wildman–Crippen MR) is 93.9 cm³/mol. The Kier molecular flexibility index (Phi) is 4.91. The molecule has 2 aliphatic rings. The van der Waals surface area contributed by atoms with Crippen LogP contribution in [0.2, 0.25) is 0 Å². The number of aryl methyl sites for hydroxylation is 1. The molecule has 0 bridgehead atoms. The van der Waals surface area contributed by atoms with E-state index >= 15 is 0 Å². The van der Waals surface area contributed by atoms with Crippen LogP contribution in [0, 0.1) is 12.8 Å². The van der Waals surface area contributed by atoms with Gasteiger partial charge in [0.15, 0.2) is 0 Å². The molecule has 0 unspecified atom stereocenters. The lowest BCUT2D eigenvalue weighted by atomic mass is 9.96. The lowest BCUT2D eigenvalue weighted by Crippen LogP contribution is -2.53. The van der Waals surface area contributed by atoms with Gasteiger partial charge in [-0.3, -0.25) is 4.79 Å². The lowest BCUT2D eigenvalue weighted by molar-refractivity contribution is -0.137. The fourth-order valence-corrected chi connectivity index (χ4v) is 3.53. The fraction of sp³-hybridized carbons (Fsp3) is 0.625. The molecule has 0 spiro atoms. The van der Waals surface area contributed by atoms with Gasteiger partial charge in [0.1, 0.15) is 5.82 Å². The van der Waals surface area contributed by atoms with E-state index in [4.69, 9.17) is 11.5 Å². The second kappa shape index (κ2) is 7.12. The summed E-state index contributed by atoms with van der Waals surface area (Å²) in [7, 11) is 0. The first-order chi connectivity index (χ1) is 11.9. The van der Waals surface area contributed by atoms with E-state index in [1.54, 1.807) is 4.90 Å². The molecular formula is C16H25N7O2. The van der Waals surface area contributed by atoms with Gasteiger partial charge in [0.25, 0.3) is 0 Å². The van der Waals surface area contributed by atoms with Gasteiger partial charge in [-0.2, -0.15) is 4.98 Å². The van der Waals surface area contributed by atoms with Crippen molar-refractivity contribution in [3.05, 3.63) is 11.8 Å². The molecule has 25 heavy (non-hydrogen) atoms. The van der Waals surface area contributed by atoms with Crippen LogP contribution < -0.4 is 16.4 Å². The van der Waals surface area contributed by atoms with E-state index in [0.29, 0.717) is 39.3 Å². The van der Waals surface area contributed by atoms with Crippen LogP contribution in [0.3, 0.4) is 0 Å². The highest BCUT2D eigenvalue weighted by molar-refractivity contribution is 5.81. The van der Waals surface area contributed by atoms with Crippen LogP contribution >= 0.6 is 0 Å². The largest absolute Gasteiger partial charge is 0.368 e. The summed E-state index contributed by atoms with van der Waals surface area (Å²) < 4.78 is 0. The summed E-state index contributed by atoms with van der Waals surface area (Å²) in [5.74, 6) is 1.03. The Bertz CT molecular complexity index is 638. The molecule has 9 heteroatoms. The van der Waals surface area contributed by atoms with Crippen molar-refractivity contribution in [3.63, 3.8) is 0 Å². The Balaban J connectivity index is 1.58. The lowest BCUT2D eigenvalue weighted by Gasteiger charge is -2.39. The number of urea groups is 1. The molecule has 0 radical (unpaired) electrons. The van der Waals surface area contributed by atoms with Crippen LogP contribution in [0.4, 0.5) is 16.6 Å². The Labute approximate surface area is 147 Å². The van der Waals surface area contributed by atoms with E-state index in [9.17, 15) is 9.59 Å². The van der Waals surface area contributed by atoms with Gasteiger partial charge < -0.3 is 26.2 Å². The van der Waals surface area contributed by atoms with Crippen molar-refractivity contribution in [2.75, 3.05) is 49.9 Å². The molecule has 3 amide bonds. The molecule has 0 saturated carbocycles. The van der Waals surface area contributed by atoms with Gasteiger partial charge in [0.2, 0.25) is 11.9 Å². The first-order valence-corrected chi connectivity index (χ1v) is 8.63. The minimum absolute atomic E-state index is 0.115. The predicted octanol–water partition coefficient (Wildman–Crippen LogP) is -0.193. The van der Waals surface area contributed by atoms with Crippen LogP contribution in [0.25, 0.3) is 0 Å². The SMILES string of the molecule is Cc1cc(N2CCN(C(=O)[C@H]3CCCN(C(N)=O)C3)CC2)nc(N)n1. The smallest absolute Gasteiger partial charge is 0.314 e. The summed E-state index contributed by atoms with van der Waals surface area (Å²) in [6.45, 7) is 5.62. The van der Waals surface area contributed by atoms with Gasteiger partial charge in [-0.15, -0.1) is 0 Å². The standard InChI is InChI=1S/C16H25N7O2/c1-11-9-13(20-15(17)19-11)21-5-7-22(8-6-21)14(24)12-3-2-4-23(10-12)16(18)25/h9,12H,2-8,10H2,1H3,(H2,18,25)(H2,17,19,20)/t12-/m0/s1. The molecule has 3 rings (SSSR count). The fourth-order valence-electron chi connectivity index (χ4n) is 3.53. The van der Waals surface area contributed by atoms with Gasteiger partial charge in [-0.25, -0.2) is 9.78 Å².